The second-order valence-corrected chi connectivity index (χ2v) is 24.0. The van der Waals surface area contributed by atoms with Crippen LogP contribution in [0.15, 0.2) is 22.7 Å². The second kappa shape index (κ2) is 33.2. The molecule has 14 unspecified atom stereocenters. The summed E-state index contributed by atoms with van der Waals surface area (Å²) in [6, 6.07) is 5.26. The summed E-state index contributed by atoms with van der Waals surface area (Å²) in [5.41, 5.74) is 2.36. The fraction of sp³-hybridized carbons (Fsp3) is 0.842. The van der Waals surface area contributed by atoms with Crippen LogP contribution in [0, 0.1) is 23.7 Å². The van der Waals surface area contributed by atoms with E-state index < -0.39 is 104 Å². The number of carboxylic acid groups (broad SMARTS) is 1. The summed E-state index contributed by atoms with van der Waals surface area (Å²) in [5, 5.41) is 86.2. The highest BCUT2D eigenvalue weighted by atomic mass is 79.9. The molecule has 0 radical (unpaired) electrons. The van der Waals surface area contributed by atoms with E-state index in [-0.39, 0.29) is 42.8 Å². The minimum Gasteiger partial charge on any atom is -0.479 e. The van der Waals surface area contributed by atoms with Gasteiger partial charge in [-0.15, -0.1) is 0 Å². The molecule has 6 fully saturated rings. The first-order valence-corrected chi connectivity index (χ1v) is 30.7. The maximum atomic E-state index is 14.4. The van der Waals surface area contributed by atoms with Gasteiger partial charge in [0.15, 0.2) is 18.7 Å². The Morgan fingerprint density at radius 3 is 2.22 bits per heavy atom. The zero-order chi connectivity index (χ0) is 56.3. The summed E-state index contributed by atoms with van der Waals surface area (Å²) < 4.78 is 33.3. The van der Waals surface area contributed by atoms with Gasteiger partial charge in [0.2, 0.25) is 5.91 Å². The van der Waals surface area contributed by atoms with Gasteiger partial charge in [-0.3, -0.25) is 14.5 Å². The minimum atomic E-state index is -1.64. The molecule has 0 aromatic heterocycles. The number of carbonyl (C=O) groups is 3. The van der Waals surface area contributed by atoms with Crippen LogP contribution in [0.5, 0.6) is 0 Å². The normalized spacial score (nSPS) is 34.1. The fourth-order valence-corrected chi connectivity index (χ4v) is 13.1. The molecular weight excluding hydrogens is 1090 g/mol. The molecule has 450 valence electrons. The van der Waals surface area contributed by atoms with Crippen LogP contribution in [0.2, 0.25) is 0 Å². The molecule has 0 bridgehead atoms. The number of piperidine rings is 1. The number of aliphatic hydroxyl groups excluding tert-OH is 5. The summed E-state index contributed by atoms with van der Waals surface area (Å²) in [6.07, 6.45) is -5.84. The largest absolute Gasteiger partial charge is 0.479 e. The van der Waals surface area contributed by atoms with Crippen molar-refractivity contribution in [2.75, 3.05) is 78.6 Å². The van der Waals surface area contributed by atoms with E-state index in [1.807, 2.05) is 6.92 Å². The molecule has 22 heteroatoms. The molecule has 6 aliphatic rings. The van der Waals surface area contributed by atoms with E-state index in [0.29, 0.717) is 58.3 Å². The SMILES string of the molecule is CCC1CC(C(=O)CCCNCc2ccc(CN3CCCNCCNCCCNCC3)cc2Br)CC(OC2OC(CO)C(O)C(O[C@@H](CC3CCCCC3)C(=O)O)C2NC(=O)C2CCNCC2)C1OC1OC(C)C(O)C(O)C1O. The predicted octanol–water partition coefficient (Wildman–Crippen LogP) is 1.66. The monoisotopic (exact) mass is 1180 g/mol. The number of carbonyl (C=O) groups excluding carboxylic acids is 2. The van der Waals surface area contributed by atoms with Crippen molar-refractivity contribution in [1.82, 2.24) is 36.8 Å². The highest BCUT2D eigenvalue weighted by Gasteiger charge is 2.53. The first-order valence-electron chi connectivity index (χ1n) is 29.9. The summed E-state index contributed by atoms with van der Waals surface area (Å²) in [6.45, 7) is 14.0. The van der Waals surface area contributed by atoms with Crippen LogP contribution >= 0.6 is 15.9 Å². The van der Waals surface area contributed by atoms with Crippen LogP contribution in [0.1, 0.15) is 121 Å². The zero-order valence-electron chi connectivity index (χ0n) is 46.8. The number of rotatable bonds is 22. The van der Waals surface area contributed by atoms with Crippen LogP contribution in [-0.2, 0) is 51.2 Å². The Morgan fingerprint density at radius 2 is 1.51 bits per heavy atom. The van der Waals surface area contributed by atoms with Crippen LogP contribution in [0.4, 0.5) is 0 Å². The molecule has 2 saturated carbocycles. The molecule has 0 spiro atoms. The highest BCUT2D eigenvalue weighted by Crippen LogP contribution is 2.41. The van der Waals surface area contributed by atoms with Crippen molar-refractivity contribution >= 4 is 33.6 Å². The van der Waals surface area contributed by atoms with Gasteiger partial charge in [0.1, 0.15) is 48.4 Å². The van der Waals surface area contributed by atoms with Gasteiger partial charge in [0, 0.05) is 62.0 Å². The maximum absolute atomic E-state index is 14.4. The van der Waals surface area contributed by atoms with Crippen LogP contribution in [-0.4, -0.2) is 211 Å². The number of amides is 1. The van der Waals surface area contributed by atoms with Gasteiger partial charge in [-0.25, -0.2) is 4.79 Å². The third-order valence-electron chi connectivity index (χ3n) is 17.3. The molecule has 15 atom stereocenters. The van der Waals surface area contributed by atoms with Crippen molar-refractivity contribution in [2.24, 2.45) is 23.7 Å². The molecule has 4 heterocycles. The third kappa shape index (κ3) is 19.1. The molecule has 1 aromatic rings. The van der Waals surface area contributed by atoms with E-state index >= 15 is 0 Å². The Labute approximate surface area is 476 Å². The molecule has 12 N–H and O–H groups in total. The average Bonchev–Trinajstić information content (AvgIpc) is 3.52. The number of hydrogen-bond donors (Lipinski definition) is 12. The Bertz CT molecular complexity index is 1980. The van der Waals surface area contributed by atoms with Crippen LogP contribution in [0.25, 0.3) is 0 Å². The topological polar surface area (TPSA) is 294 Å². The number of carboxylic acids is 1. The molecule has 7 rings (SSSR count). The van der Waals surface area contributed by atoms with Crippen LogP contribution in [0.3, 0.4) is 0 Å². The van der Waals surface area contributed by atoms with Gasteiger partial charge in [-0.2, -0.15) is 0 Å². The van der Waals surface area contributed by atoms with Crippen molar-refractivity contribution in [3.63, 3.8) is 0 Å². The van der Waals surface area contributed by atoms with E-state index in [2.05, 4.69) is 70.9 Å². The Kier molecular flexibility index (Phi) is 27.0. The Morgan fingerprint density at radius 1 is 0.785 bits per heavy atom. The number of benzene rings is 1. The molecule has 79 heavy (non-hydrogen) atoms. The lowest BCUT2D eigenvalue weighted by molar-refractivity contribution is -0.338. The summed E-state index contributed by atoms with van der Waals surface area (Å²) in [4.78, 5) is 44.1. The third-order valence-corrected chi connectivity index (χ3v) is 18.0. The lowest BCUT2D eigenvalue weighted by Crippen LogP contribution is -2.68. The average molecular weight is 1180 g/mol. The number of hydrogen-bond acceptors (Lipinski definition) is 19. The van der Waals surface area contributed by atoms with Gasteiger partial charge in [-0.05, 0) is 133 Å². The zero-order valence-corrected chi connectivity index (χ0v) is 48.4. The number of aliphatic hydroxyl groups is 5. The Balaban J connectivity index is 1.04. The maximum Gasteiger partial charge on any atom is 0.332 e. The number of Topliss-reactive ketones (excluding diaryl/α,β-unsaturated/α-hetero) is 1. The van der Waals surface area contributed by atoms with E-state index in [1.165, 1.54) is 5.56 Å². The summed E-state index contributed by atoms with van der Waals surface area (Å²) >= 11 is 3.83. The van der Waals surface area contributed by atoms with E-state index in [9.17, 15) is 45.0 Å². The van der Waals surface area contributed by atoms with Crippen molar-refractivity contribution in [3.8, 4) is 0 Å². The van der Waals surface area contributed by atoms with Gasteiger partial charge in [0.25, 0.3) is 0 Å². The van der Waals surface area contributed by atoms with Crippen molar-refractivity contribution in [2.45, 2.75) is 203 Å². The van der Waals surface area contributed by atoms with Gasteiger partial charge < -0.3 is 86.2 Å². The van der Waals surface area contributed by atoms with Crippen molar-refractivity contribution in [1.29, 1.82) is 0 Å². The quantitative estimate of drug-likeness (QED) is 0.0736. The number of ketones is 1. The number of nitrogens with zero attached hydrogens (tertiary/aromatic N) is 1. The number of halogens is 1. The lowest BCUT2D eigenvalue weighted by Gasteiger charge is -2.49. The standard InChI is InChI=1S/C57H96BrN7O14/c1-3-38-30-41(43(67)12-7-17-63-32-40-14-13-37(28-42(40)58)33-65-26-9-20-60-24-23-59-18-8-19-61-25-27-65)31-44(52(38)79-57-51(71)50(70)48(68)35(2)75-57)77-56-47(64-54(72)39-15-21-62-22-16-39)53(49(69)46(34-66)78-56)76-45(55(73)74)29-36-10-5-4-6-11-36/h13-14,28,35-36,38-39,41,44-53,56-57,59-63,66,68-71H,3-12,15-27,29-34H2,1-2H3,(H,64,72)(H,73,74)/t35?,38?,41?,44?,45-,46?,47?,48?,49?,50?,51?,52?,53?,56?,57?/m0/s1. The first kappa shape index (κ1) is 64.2. The number of aliphatic carboxylic acids is 1. The number of nitrogens with one attached hydrogen (secondary N) is 6. The van der Waals surface area contributed by atoms with Crippen molar-refractivity contribution < 1.29 is 68.7 Å². The second-order valence-electron chi connectivity index (χ2n) is 23.1. The molecule has 4 aliphatic heterocycles. The molecule has 21 nitrogen and oxygen atoms in total. The van der Waals surface area contributed by atoms with Gasteiger partial charge >= 0.3 is 5.97 Å². The number of ether oxygens (including phenoxy) is 5. The van der Waals surface area contributed by atoms with E-state index in [4.69, 9.17) is 23.7 Å². The van der Waals surface area contributed by atoms with E-state index in [0.717, 1.165) is 114 Å². The van der Waals surface area contributed by atoms with Crippen LogP contribution < -0.4 is 31.9 Å². The lowest BCUT2D eigenvalue weighted by atomic mass is 9.74. The van der Waals surface area contributed by atoms with E-state index in [1.54, 1.807) is 6.92 Å². The first-order chi connectivity index (χ1) is 38.2. The molecule has 1 amide bonds. The molecule has 1 aromatic carbocycles. The predicted molar refractivity (Wildman–Crippen MR) is 299 cm³/mol. The fourth-order valence-electron chi connectivity index (χ4n) is 12.5. The Hall–Kier alpha value is -2.33. The smallest absolute Gasteiger partial charge is 0.332 e. The summed E-state index contributed by atoms with van der Waals surface area (Å²) in [5.74, 6) is -2.75. The summed E-state index contributed by atoms with van der Waals surface area (Å²) in [7, 11) is 0. The minimum absolute atomic E-state index is 0.0203. The van der Waals surface area contributed by atoms with Gasteiger partial charge in [0.05, 0.1) is 24.9 Å². The molecule has 4 saturated heterocycles. The molecular formula is C57H96BrN7O14. The highest BCUT2D eigenvalue weighted by molar-refractivity contribution is 9.10. The van der Waals surface area contributed by atoms with Gasteiger partial charge in [-0.1, -0.05) is 73.5 Å². The molecule has 2 aliphatic carbocycles. The van der Waals surface area contributed by atoms with Crippen molar-refractivity contribution in [3.05, 3.63) is 33.8 Å².